The van der Waals surface area contributed by atoms with Gasteiger partial charge in [-0.25, -0.2) is 0 Å². The Balaban J connectivity index is 2.05. The van der Waals surface area contributed by atoms with E-state index in [1.165, 1.54) is 0 Å². The van der Waals surface area contributed by atoms with Crippen LogP contribution in [-0.2, 0) is 0 Å². The molecule has 0 amide bonds. The van der Waals surface area contributed by atoms with Crippen molar-refractivity contribution in [3.63, 3.8) is 0 Å². The first-order chi connectivity index (χ1) is 9.34. The van der Waals surface area contributed by atoms with Crippen molar-refractivity contribution in [1.82, 2.24) is 9.97 Å². The summed E-state index contributed by atoms with van der Waals surface area (Å²) in [7, 11) is 0. The highest BCUT2D eigenvalue weighted by atomic mass is 14.9. The Morgan fingerprint density at radius 1 is 0.842 bits per heavy atom. The largest absolute Gasteiger partial charge is 0.279 e. The summed E-state index contributed by atoms with van der Waals surface area (Å²) in [6, 6.07) is 11.7. The van der Waals surface area contributed by atoms with Crippen LogP contribution in [0.1, 0.15) is 17.1 Å². The molecule has 1 aliphatic heterocycles. The number of rotatable bonds is 2. The number of pyridine rings is 2. The average molecular weight is 250 g/mol. The van der Waals surface area contributed by atoms with E-state index in [0.717, 1.165) is 28.5 Å². The molecule has 0 saturated carbocycles. The monoisotopic (exact) mass is 250 g/mol. The number of hydrogen-bond donors (Lipinski definition) is 0. The zero-order valence-electron chi connectivity index (χ0n) is 10.7. The molecule has 3 rings (SSSR count). The lowest BCUT2D eigenvalue weighted by atomic mass is 10.1. The molecule has 2 aromatic heterocycles. The van der Waals surface area contributed by atoms with Gasteiger partial charge in [0.25, 0.3) is 0 Å². The van der Waals surface area contributed by atoms with Crippen LogP contribution in [0.25, 0.3) is 0 Å². The number of aromatic nitrogens is 2. The molecule has 19 heavy (non-hydrogen) atoms. The third kappa shape index (κ3) is 2.42. The van der Waals surface area contributed by atoms with Crippen LogP contribution < -0.4 is 0 Å². The Labute approximate surface area is 112 Å². The second-order valence-corrected chi connectivity index (χ2v) is 4.34. The van der Waals surface area contributed by atoms with Crippen LogP contribution in [0.15, 0.2) is 52.6 Å². The quantitative estimate of drug-likeness (QED) is 0.819. The smallest absolute Gasteiger partial charge is 0.111 e. The fourth-order valence-electron chi connectivity index (χ4n) is 2.06. The molecule has 0 N–H and O–H groups in total. The number of hydrogen-bond acceptors (Lipinski definition) is 4. The molecule has 0 radical (unpaired) electrons. The van der Waals surface area contributed by atoms with Crippen LogP contribution in [0.2, 0.25) is 0 Å². The molecule has 0 aromatic carbocycles. The van der Waals surface area contributed by atoms with Crippen LogP contribution in [0.3, 0.4) is 0 Å². The van der Waals surface area contributed by atoms with Crippen LogP contribution in [0.4, 0.5) is 0 Å². The summed E-state index contributed by atoms with van der Waals surface area (Å²) in [6.07, 6.45) is 1.77. The fraction of sp³-hybridized carbons (Fsp3) is 0.200. The standard InChI is InChI=1S/C15H14N4/c1-11-5-4-7-13(19-11)15-14(17-9-10-18-15)12-6-2-3-8-16-12/h2-8H,9-10H2,1H3. The molecule has 0 spiro atoms. The molecule has 0 fully saturated rings. The van der Waals surface area contributed by atoms with Gasteiger partial charge in [-0.05, 0) is 31.2 Å². The second kappa shape index (κ2) is 5.10. The lowest BCUT2D eigenvalue weighted by Gasteiger charge is -2.13. The minimum absolute atomic E-state index is 0.710. The van der Waals surface area contributed by atoms with Crippen molar-refractivity contribution in [2.75, 3.05) is 13.1 Å². The van der Waals surface area contributed by atoms with E-state index in [9.17, 15) is 0 Å². The minimum Gasteiger partial charge on any atom is -0.279 e. The van der Waals surface area contributed by atoms with Crippen molar-refractivity contribution in [2.24, 2.45) is 9.98 Å². The summed E-state index contributed by atoms with van der Waals surface area (Å²) in [5, 5.41) is 0. The van der Waals surface area contributed by atoms with Crippen molar-refractivity contribution in [1.29, 1.82) is 0 Å². The fourth-order valence-corrected chi connectivity index (χ4v) is 2.06. The SMILES string of the molecule is Cc1cccc(C2=NCCN=C2c2ccccn2)n1. The van der Waals surface area contributed by atoms with Gasteiger partial charge in [0.15, 0.2) is 0 Å². The maximum atomic E-state index is 4.58. The first kappa shape index (κ1) is 11.7. The maximum absolute atomic E-state index is 4.58. The van der Waals surface area contributed by atoms with Crippen LogP contribution in [0.5, 0.6) is 0 Å². The second-order valence-electron chi connectivity index (χ2n) is 4.34. The normalized spacial score (nSPS) is 14.8. The molecule has 0 unspecified atom stereocenters. The van der Waals surface area contributed by atoms with Crippen molar-refractivity contribution < 1.29 is 0 Å². The predicted octanol–water partition coefficient (Wildman–Crippen LogP) is 2.08. The molecule has 3 heterocycles. The summed E-state index contributed by atoms with van der Waals surface area (Å²) in [5.41, 5.74) is 4.37. The third-order valence-electron chi connectivity index (χ3n) is 2.90. The van der Waals surface area contributed by atoms with Crippen molar-refractivity contribution in [2.45, 2.75) is 6.92 Å². The molecule has 2 aromatic rings. The van der Waals surface area contributed by atoms with E-state index in [1.807, 2.05) is 43.3 Å². The molecule has 0 saturated heterocycles. The van der Waals surface area contributed by atoms with Gasteiger partial charge in [-0.15, -0.1) is 0 Å². The molecule has 0 atom stereocenters. The van der Waals surface area contributed by atoms with Gasteiger partial charge in [-0.1, -0.05) is 12.1 Å². The molecule has 4 nitrogen and oxygen atoms in total. The zero-order chi connectivity index (χ0) is 13.1. The number of aliphatic imine (C=N–C) groups is 2. The van der Waals surface area contributed by atoms with Crippen LogP contribution >= 0.6 is 0 Å². The molecular weight excluding hydrogens is 236 g/mol. The van der Waals surface area contributed by atoms with E-state index in [-0.39, 0.29) is 0 Å². The van der Waals surface area contributed by atoms with Gasteiger partial charge in [0, 0.05) is 11.9 Å². The third-order valence-corrected chi connectivity index (χ3v) is 2.90. The lowest BCUT2D eigenvalue weighted by molar-refractivity contribution is 0.958. The van der Waals surface area contributed by atoms with Gasteiger partial charge < -0.3 is 0 Å². The Kier molecular flexibility index (Phi) is 3.14. The highest BCUT2D eigenvalue weighted by Gasteiger charge is 2.18. The first-order valence-electron chi connectivity index (χ1n) is 6.29. The van der Waals surface area contributed by atoms with Gasteiger partial charge in [-0.3, -0.25) is 20.0 Å². The van der Waals surface area contributed by atoms with E-state index in [0.29, 0.717) is 13.1 Å². The topological polar surface area (TPSA) is 50.5 Å². The summed E-state index contributed by atoms with van der Waals surface area (Å²) in [4.78, 5) is 18.0. The first-order valence-corrected chi connectivity index (χ1v) is 6.29. The van der Waals surface area contributed by atoms with Crippen LogP contribution in [0, 0.1) is 6.92 Å². The molecule has 0 aliphatic carbocycles. The molecule has 4 heteroatoms. The summed E-state index contributed by atoms with van der Waals surface area (Å²) in [6.45, 7) is 3.40. The molecular formula is C15H14N4. The van der Waals surface area contributed by atoms with Gasteiger partial charge in [0.05, 0.1) is 24.5 Å². The lowest BCUT2D eigenvalue weighted by Crippen LogP contribution is -2.24. The highest BCUT2D eigenvalue weighted by Crippen LogP contribution is 2.10. The molecule has 1 aliphatic rings. The summed E-state index contributed by atoms with van der Waals surface area (Å²) in [5.74, 6) is 0. The average Bonchev–Trinajstić information content (AvgIpc) is 2.48. The molecule has 94 valence electrons. The number of aryl methyl sites for hydroxylation is 1. The minimum atomic E-state index is 0.710. The number of nitrogens with zero attached hydrogens (tertiary/aromatic N) is 4. The van der Waals surface area contributed by atoms with Crippen molar-refractivity contribution in [3.05, 3.63) is 59.7 Å². The van der Waals surface area contributed by atoms with Gasteiger partial charge in [0.2, 0.25) is 0 Å². The van der Waals surface area contributed by atoms with E-state index >= 15 is 0 Å². The maximum Gasteiger partial charge on any atom is 0.111 e. The highest BCUT2D eigenvalue weighted by molar-refractivity contribution is 6.53. The predicted molar refractivity (Wildman–Crippen MR) is 76.0 cm³/mol. The Hall–Kier alpha value is -2.36. The van der Waals surface area contributed by atoms with Gasteiger partial charge >= 0.3 is 0 Å². The molecule has 0 bridgehead atoms. The Morgan fingerprint density at radius 3 is 2.26 bits per heavy atom. The van der Waals surface area contributed by atoms with Crippen molar-refractivity contribution >= 4 is 11.4 Å². The van der Waals surface area contributed by atoms with Gasteiger partial charge in [-0.2, -0.15) is 0 Å². The zero-order valence-corrected chi connectivity index (χ0v) is 10.7. The summed E-state index contributed by atoms with van der Waals surface area (Å²) >= 11 is 0. The van der Waals surface area contributed by atoms with E-state index in [1.54, 1.807) is 6.20 Å². The Morgan fingerprint density at radius 2 is 1.58 bits per heavy atom. The van der Waals surface area contributed by atoms with Crippen LogP contribution in [-0.4, -0.2) is 34.5 Å². The van der Waals surface area contributed by atoms with E-state index < -0.39 is 0 Å². The Bertz CT molecular complexity index is 644. The van der Waals surface area contributed by atoms with E-state index in [4.69, 9.17) is 0 Å². The summed E-state index contributed by atoms with van der Waals surface area (Å²) < 4.78 is 0. The van der Waals surface area contributed by atoms with Gasteiger partial charge in [0.1, 0.15) is 11.4 Å². The van der Waals surface area contributed by atoms with Crippen molar-refractivity contribution in [3.8, 4) is 0 Å². The van der Waals surface area contributed by atoms with E-state index in [2.05, 4.69) is 20.0 Å².